The van der Waals surface area contributed by atoms with E-state index in [-0.39, 0.29) is 29.9 Å². The van der Waals surface area contributed by atoms with Crippen molar-refractivity contribution < 1.29 is 18.8 Å². The predicted octanol–water partition coefficient (Wildman–Crippen LogP) is 1.35. The number of fused-ring (bicyclic) bond motifs is 1. The third-order valence-corrected chi connectivity index (χ3v) is 6.55. The van der Waals surface area contributed by atoms with Crippen molar-refractivity contribution >= 4 is 22.8 Å². The Kier molecular flexibility index (Phi) is 4.75. The molecule has 154 valence electrons. The molecule has 8 nitrogen and oxygen atoms in total. The van der Waals surface area contributed by atoms with Gasteiger partial charge in [0.1, 0.15) is 6.04 Å². The zero-order chi connectivity index (χ0) is 19.8. The number of benzene rings is 1. The number of carbonyl (C=O) groups is 2. The van der Waals surface area contributed by atoms with Crippen molar-refractivity contribution in [2.45, 2.75) is 56.3 Å². The maximum atomic E-state index is 12.4. The normalized spacial score (nSPS) is 26.4. The minimum Gasteiger partial charge on any atom is -0.374 e. The molecule has 0 bridgehead atoms. The van der Waals surface area contributed by atoms with Gasteiger partial charge in [-0.3, -0.25) is 14.5 Å². The van der Waals surface area contributed by atoms with E-state index >= 15 is 0 Å². The standard InChI is InChI=1S/C21H26N4O4/c26-19(24-17-4-7-22-20(17)27)9-16-12-25(21(13-28-16)5-1-6-21)11-14-2-3-18-15(8-14)10-23-29-18/h2-3,8,10,16-17H,1,4-7,9,11-13H2,(H,22,27)(H,24,26). The summed E-state index contributed by atoms with van der Waals surface area (Å²) in [6.45, 7) is 2.81. The Labute approximate surface area is 168 Å². The second kappa shape index (κ2) is 7.42. The molecule has 2 saturated heterocycles. The molecule has 2 amide bonds. The zero-order valence-corrected chi connectivity index (χ0v) is 16.4. The summed E-state index contributed by atoms with van der Waals surface area (Å²) in [5.74, 6) is -0.213. The van der Waals surface area contributed by atoms with Crippen LogP contribution >= 0.6 is 0 Å². The Morgan fingerprint density at radius 3 is 3.03 bits per heavy atom. The number of rotatable bonds is 5. The van der Waals surface area contributed by atoms with Crippen LogP contribution in [0.3, 0.4) is 0 Å². The molecule has 2 atom stereocenters. The minimum atomic E-state index is -0.407. The van der Waals surface area contributed by atoms with Crippen molar-refractivity contribution in [2.24, 2.45) is 0 Å². The molecule has 1 saturated carbocycles. The molecule has 3 aliphatic rings. The van der Waals surface area contributed by atoms with E-state index in [1.807, 2.05) is 6.07 Å². The number of morpholine rings is 1. The molecule has 1 aromatic carbocycles. The van der Waals surface area contributed by atoms with Gasteiger partial charge in [0.05, 0.1) is 25.3 Å². The van der Waals surface area contributed by atoms with E-state index in [1.54, 1.807) is 6.20 Å². The first kappa shape index (κ1) is 18.6. The first-order chi connectivity index (χ1) is 14.1. The van der Waals surface area contributed by atoms with Crippen LogP contribution in [0, 0.1) is 0 Å². The van der Waals surface area contributed by atoms with Crippen LogP contribution in [0.5, 0.6) is 0 Å². The monoisotopic (exact) mass is 398 g/mol. The number of nitrogens with zero attached hydrogens (tertiary/aromatic N) is 2. The van der Waals surface area contributed by atoms with Gasteiger partial charge in [-0.1, -0.05) is 11.2 Å². The van der Waals surface area contributed by atoms with E-state index in [0.29, 0.717) is 26.1 Å². The summed E-state index contributed by atoms with van der Waals surface area (Å²) in [6, 6.07) is 5.75. The molecule has 1 aromatic heterocycles. The second-order valence-corrected chi connectivity index (χ2v) is 8.49. The number of hydrogen-bond acceptors (Lipinski definition) is 6. The molecular formula is C21H26N4O4. The van der Waals surface area contributed by atoms with Gasteiger partial charge < -0.3 is 19.9 Å². The Balaban J connectivity index is 1.25. The summed E-state index contributed by atoms with van der Waals surface area (Å²) < 4.78 is 11.3. The molecule has 0 radical (unpaired) electrons. The third kappa shape index (κ3) is 3.62. The molecule has 2 N–H and O–H groups in total. The number of hydrogen-bond donors (Lipinski definition) is 2. The summed E-state index contributed by atoms with van der Waals surface area (Å²) in [6.07, 6.45) is 5.98. The summed E-state index contributed by atoms with van der Waals surface area (Å²) in [5.41, 5.74) is 2.08. The van der Waals surface area contributed by atoms with Crippen molar-refractivity contribution in [3.8, 4) is 0 Å². The van der Waals surface area contributed by atoms with E-state index < -0.39 is 6.04 Å². The first-order valence-corrected chi connectivity index (χ1v) is 10.4. The van der Waals surface area contributed by atoms with Crippen LogP contribution in [0.1, 0.15) is 37.7 Å². The minimum absolute atomic E-state index is 0.0852. The molecule has 8 heteroatoms. The van der Waals surface area contributed by atoms with Gasteiger partial charge in [0.25, 0.3) is 0 Å². The van der Waals surface area contributed by atoms with Crippen molar-refractivity contribution in [2.75, 3.05) is 19.7 Å². The fraction of sp³-hybridized carbons (Fsp3) is 0.571. The van der Waals surface area contributed by atoms with Gasteiger partial charge in [0.15, 0.2) is 5.58 Å². The maximum Gasteiger partial charge on any atom is 0.242 e. The van der Waals surface area contributed by atoms with Gasteiger partial charge in [-0.2, -0.15) is 0 Å². The lowest BCUT2D eigenvalue weighted by Crippen LogP contribution is -2.62. The highest BCUT2D eigenvalue weighted by molar-refractivity contribution is 5.89. The first-order valence-electron chi connectivity index (χ1n) is 10.4. The Bertz CT molecular complexity index is 922. The van der Waals surface area contributed by atoms with E-state index in [9.17, 15) is 9.59 Å². The van der Waals surface area contributed by atoms with Gasteiger partial charge in [0, 0.05) is 30.6 Å². The molecule has 2 unspecified atom stereocenters. The van der Waals surface area contributed by atoms with E-state index in [0.717, 1.165) is 30.4 Å². The molecule has 1 spiro atoms. The fourth-order valence-corrected chi connectivity index (χ4v) is 4.69. The van der Waals surface area contributed by atoms with E-state index in [1.165, 1.54) is 12.0 Å². The van der Waals surface area contributed by atoms with Crippen LogP contribution in [0.25, 0.3) is 11.0 Å². The third-order valence-electron chi connectivity index (χ3n) is 6.55. The topological polar surface area (TPSA) is 96.7 Å². The number of ether oxygens (including phenoxy) is 1. The Morgan fingerprint density at radius 2 is 2.28 bits per heavy atom. The molecule has 2 aliphatic heterocycles. The van der Waals surface area contributed by atoms with E-state index in [4.69, 9.17) is 9.26 Å². The molecule has 3 heterocycles. The van der Waals surface area contributed by atoms with Crippen LogP contribution in [0.4, 0.5) is 0 Å². The highest BCUT2D eigenvalue weighted by Gasteiger charge is 2.47. The van der Waals surface area contributed by atoms with Gasteiger partial charge in [-0.05, 0) is 43.4 Å². The fourth-order valence-electron chi connectivity index (χ4n) is 4.69. The lowest BCUT2D eigenvalue weighted by atomic mass is 9.74. The van der Waals surface area contributed by atoms with Gasteiger partial charge >= 0.3 is 0 Å². The smallest absolute Gasteiger partial charge is 0.242 e. The van der Waals surface area contributed by atoms with Gasteiger partial charge in [-0.25, -0.2) is 0 Å². The summed E-state index contributed by atoms with van der Waals surface area (Å²) in [4.78, 5) is 26.6. The quantitative estimate of drug-likeness (QED) is 0.789. The van der Waals surface area contributed by atoms with Crippen LogP contribution in [0.15, 0.2) is 28.9 Å². The highest BCUT2D eigenvalue weighted by Crippen LogP contribution is 2.42. The average Bonchev–Trinajstić information content (AvgIpc) is 3.29. The zero-order valence-electron chi connectivity index (χ0n) is 16.4. The summed E-state index contributed by atoms with van der Waals surface area (Å²) in [7, 11) is 0. The molecule has 1 aliphatic carbocycles. The largest absolute Gasteiger partial charge is 0.374 e. The number of aromatic nitrogens is 1. The van der Waals surface area contributed by atoms with Crippen molar-refractivity contribution in [1.29, 1.82) is 0 Å². The van der Waals surface area contributed by atoms with Crippen molar-refractivity contribution in [3.05, 3.63) is 30.0 Å². The summed E-state index contributed by atoms with van der Waals surface area (Å²) >= 11 is 0. The Morgan fingerprint density at radius 1 is 1.38 bits per heavy atom. The summed E-state index contributed by atoms with van der Waals surface area (Å²) in [5, 5.41) is 10.4. The number of nitrogens with one attached hydrogen (secondary N) is 2. The highest BCUT2D eigenvalue weighted by atomic mass is 16.5. The van der Waals surface area contributed by atoms with Crippen LogP contribution in [-0.4, -0.2) is 59.3 Å². The maximum absolute atomic E-state index is 12.4. The molecule has 2 aromatic rings. The van der Waals surface area contributed by atoms with Crippen LogP contribution in [0.2, 0.25) is 0 Å². The SMILES string of the molecule is O=C(CC1CN(Cc2ccc3oncc3c2)C2(CCC2)CO1)NC1CCNC1=O. The van der Waals surface area contributed by atoms with Crippen LogP contribution in [-0.2, 0) is 20.9 Å². The average molecular weight is 398 g/mol. The lowest BCUT2D eigenvalue weighted by molar-refractivity contribution is -0.154. The predicted molar refractivity (Wildman–Crippen MR) is 105 cm³/mol. The number of amides is 2. The molecule has 29 heavy (non-hydrogen) atoms. The second-order valence-electron chi connectivity index (χ2n) is 8.49. The van der Waals surface area contributed by atoms with Crippen LogP contribution < -0.4 is 10.6 Å². The van der Waals surface area contributed by atoms with Crippen molar-refractivity contribution in [3.63, 3.8) is 0 Å². The molecule has 3 fully saturated rings. The van der Waals surface area contributed by atoms with E-state index in [2.05, 4.69) is 32.8 Å². The molecule has 5 rings (SSSR count). The number of carbonyl (C=O) groups excluding carboxylic acids is 2. The van der Waals surface area contributed by atoms with Gasteiger partial charge in [0.2, 0.25) is 11.8 Å². The Hall–Kier alpha value is -2.45. The lowest BCUT2D eigenvalue weighted by Gasteiger charge is -2.54. The van der Waals surface area contributed by atoms with Gasteiger partial charge in [-0.15, -0.1) is 0 Å². The van der Waals surface area contributed by atoms with Crippen molar-refractivity contribution in [1.82, 2.24) is 20.7 Å². The molecular weight excluding hydrogens is 372 g/mol.